The minimum atomic E-state index is -0.933. The van der Waals surface area contributed by atoms with Gasteiger partial charge in [-0.15, -0.1) is 0 Å². The molecule has 1 rings (SSSR count). The molecule has 4 heteroatoms. The summed E-state index contributed by atoms with van der Waals surface area (Å²) in [6, 6.07) is 4.72. The lowest BCUT2D eigenvalue weighted by atomic mass is 10.1. The van der Waals surface area contributed by atoms with Crippen LogP contribution in [0.3, 0.4) is 0 Å². The summed E-state index contributed by atoms with van der Waals surface area (Å²) in [6.45, 7) is 5.24. The highest BCUT2D eigenvalue weighted by molar-refractivity contribution is 5.90. The Hall–Kier alpha value is -1.71. The van der Waals surface area contributed by atoms with Gasteiger partial charge in [0.15, 0.2) is 0 Å². The lowest BCUT2D eigenvalue weighted by molar-refractivity contribution is 0.0697. The molecule has 0 amide bonds. The summed E-state index contributed by atoms with van der Waals surface area (Å²) >= 11 is 0. The first-order chi connectivity index (χ1) is 8.50. The maximum Gasteiger partial charge on any atom is 0.335 e. The molecular formula is C14H22N2O2. The van der Waals surface area contributed by atoms with Crippen LogP contribution in [-0.2, 0) is 0 Å². The third-order valence-corrected chi connectivity index (χ3v) is 2.82. The fourth-order valence-electron chi connectivity index (χ4n) is 1.74. The van der Waals surface area contributed by atoms with Gasteiger partial charge in [-0.3, -0.25) is 0 Å². The van der Waals surface area contributed by atoms with Gasteiger partial charge in [-0.25, -0.2) is 4.79 Å². The molecule has 0 bridgehead atoms. The van der Waals surface area contributed by atoms with E-state index < -0.39 is 5.97 Å². The van der Waals surface area contributed by atoms with E-state index in [4.69, 9.17) is 10.8 Å². The van der Waals surface area contributed by atoms with Crippen LogP contribution in [0, 0.1) is 5.92 Å². The number of aromatic carboxylic acids is 1. The number of hydrogen-bond acceptors (Lipinski definition) is 3. The van der Waals surface area contributed by atoms with E-state index >= 15 is 0 Å². The number of unbranched alkanes of at least 4 members (excludes halogenated alkanes) is 1. The maximum absolute atomic E-state index is 10.8. The molecule has 0 heterocycles. The molecule has 100 valence electrons. The predicted molar refractivity (Wildman–Crippen MR) is 75.0 cm³/mol. The van der Waals surface area contributed by atoms with Crippen LogP contribution in [-0.4, -0.2) is 17.6 Å². The first kappa shape index (κ1) is 14.4. The number of nitrogen functional groups attached to an aromatic ring is 1. The van der Waals surface area contributed by atoms with Crippen LogP contribution in [0.25, 0.3) is 0 Å². The molecule has 0 unspecified atom stereocenters. The molecular weight excluding hydrogens is 228 g/mol. The van der Waals surface area contributed by atoms with Gasteiger partial charge in [0.25, 0.3) is 0 Å². The second-order valence-electron chi connectivity index (χ2n) is 4.92. The van der Waals surface area contributed by atoms with E-state index in [1.807, 2.05) is 0 Å². The van der Waals surface area contributed by atoms with E-state index in [0.29, 0.717) is 11.4 Å². The van der Waals surface area contributed by atoms with Crippen LogP contribution in [0.4, 0.5) is 11.4 Å². The van der Waals surface area contributed by atoms with Gasteiger partial charge in [0, 0.05) is 6.54 Å². The molecule has 0 aliphatic heterocycles. The summed E-state index contributed by atoms with van der Waals surface area (Å²) < 4.78 is 0. The van der Waals surface area contributed by atoms with Crippen molar-refractivity contribution in [2.45, 2.75) is 33.1 Å². The Balaban J connectivity index is 2.46. The largest absolute Gasteiger partial charge is 0.478 e. The van der Waals surface area contributed by atoms with Crippen molar-refractivity contribution in [2.24, 2.45) is 5.92 Å². The molecule has 0 atom stereocenters. The van der Waals surface area contributed by atoms with E-state index in [-0.39, 0.29) is 5.56 Å². The number of carboxylic acids is 1. The standard InChI is InChI=1S/C14H22N2O2/c1-10(2)5-3-4-8-16-13-9-11(14(17)18)6-7-12(13)15/h6-7,9-10,16H,3-5,8,15H2,1-2H3,(H,17,18). The average Bonchev–Trinajstić information content (AvgIpc) is 2.30. The second-order valence-corrected chi connectivity index (χ2v) is 4.92. The number of carbonyl (C=O) groups is 1. The van der Waals surface area contributed by atoms with E-state index in [9.17, 15) is 4.79 Å². The van der Waals surface area contributed by atoms with Crippen molar-refractivity contribution in [3.8, 4) is 0 Å². The van der Waals surface area contributed by atoms with Crippen LogP contribution in [0.1, 0.15) is 43.5 Å². The van der Waals surface area contributed by atoms with Crippen LogP contribution >= 0.6 is 0 Å². The fraction of sp³-hybridized carbons (Fsp3) is 0.500. The van der Waals surface area contributed by atoms with Crippen molar-refractivity contribution in [1.82, 2.24) is 0 Å². The zero-order chi connectivity index (χ0) is 13.5. The smallest absolute Gasteiger partial charge is 0.335 e. The first-order valence-corrected chi connectivity index (χ1v) is 6.37. The number of anilines is 2. The Kier molecular flexibility index (Phi) is 5.49. The lowest BCUT2D eigenvalue weighted by Gasteiger charge is -2.10. The molecule has 0 saturated carbocycles. The first-order valence-electron chi connectivity index (χ1n) is 6.37. The van der Waals surface area contributed by atoms with Crippen molar-refractivity contribution >= 4 is 17.3 Å². The van der Waals surface area contributed by atoms with Gasteiger partial charge in [-0.05, 0) is 30.5 Å². The fourth-order valence-corrected chi connectivity index (χ4v) is 1.74. The molecule has 0 saturated heterocycles. The third kappa shape index (κ3) is 4.65. The molecule has 0 aliphatic rings. The highest BCUT2D eigenvalue weighted by Gasteiger charge is 2.06. The normalized spacial score (nSPS) is 10.6. The van der Waals surface area contributed by atoms with E-state index in [1.165, 1.54) is 18.9 Å². The van der Waals surface area contributed by atoms with E-state index in [0.717, 1.165) is 18.9 Å². The molecule has 0 spiro atoms. The number of hydrogen-bond donors (Lipinski definition) is 3. The van der Waals surface area contributed by atoms with Crippen molar-refractivity contribution in [2.75, 3.05) is 17.6 Å². The van der Waals surface area contributed by atoms with Gasteiger partial charge < -0.3 is 16.2 Å². The predicted octanol–water partition coefficient (Wildman–Crippen LogP) is 3.21. The quantitative estimate of drug-likeness (QED) is 0.513. The second kappa shape index (κ2) is 6.89. The molecule has 18 heavy (non-hydrogen) atoms. The van der Waals surface area contributed by atoms with Gasteiger partial charge in [0.2, 0.25) is 0 Å². The Bertz CT molecular complexity index is 403. The molecule has 4 N–H and O–H groups in total. The molecule has 1 aromatic rings. The van der Waals surface area contributed by atoms with E-state index in [1.54, 1.807) is 12.1 Å². The van der Waals surface area contributed by atoms with Crippen molar-refractivity contribution in [3.05, 3.63) is 23.8 Å². The number of nitrogens with one attached hydrogen (secondary N) is 1. The summed E-state index contributed by atoms with van der Waals surface area (Å²) in [4.78, 5) is 10.8. The number of benzene rings is 1. The third-order valence-electron chi connectivity index (χ3n) is 2.82. The zero-order valence-corrected chi connectivity index (χ0v) is 11.1. The summed E-state index contributed by atoms with van der Waals surface area (Å²) in [7, 11) is 0. The summed E-state index contributed by atoms with van der Waals surface area (Å²) in [6.07, 6.45) is 3.45. The highest BCUT2D eigenvalue weighted by Crippen LogP contribution is 2.20. The van der Waals surface area contributed by atoms with Crippen LogP contribution in [0.5, 0.6) is 0 Å². The Morgan fingerprint density at radius 1 is 1.39 bits per heavy atom. The van der Waals surface area contributed by atoms with E-state index in [2.05, 4.69) is 19.2 Å². The molecule has 1 aromatic carbocycles. The van der Waals surface area contributed by atoms with Crippen molar-refractivity contribution in [1.29, 1.82) is 0 Å². The number of nitrogens with two attached hydrogens (primary N) is 1. The zero-order valence-electron chi connectivity index (χ0n) is 11.1. The molecule has 0 radical (unpaired) electrons. The highest BCUT2D eigenvalue weighted by atomic mass is 16.4. The van der Waals surface area contributed by atoms with Gasteiger partial charge >= 0.3 is 5.97 Å². The van der Waals surface area contributed by atoms with Gasteiger partial charge in [-0.1, -0.05) is 26.7 Å². The van der Waals surface area contributed by atoms with Crippen LogP contribution in [0.2, 0.25) is 0 Å². The topological polar surface area (TPSA) is 75.3 Å². The minimum absolute atomic E-state index is 0.258. The van der Waals surface area contributed by atoms with Crippen LogP contribution in [0.15, 0.2) is 18.2 Å². The number of carboxylic acid groups (broad SMARTS) is 1. The van der Waals surface area contributed by atoms with Crippen molar-refractivity contribution in [3.63, 3.8) is 0 Å². The SMILES string of the molecule is CC(C)CCCCNc1cc(C(=O)O)ccc1N. The lowest BCUT2D eigenvalue weighted by Crippen LogP contribution is -2.06. The monoisotopic (exact) mass is 250 g/mol. The van der Waals surface area contributed by atoms with Gasteiger partial charge in [0.05, 0.1) is 16.9 Å². The summed E-state index contributed by atoms with van der Waals surface area (Å²) in [5.41, 5.74) is 7.35. The molecule has 4 nitrogen and oxygen atoms in total. The van der Waals surface area contributed by atoms with Gasteiger partial charge in [-0.2, -0.15) is 0 Å². The van der Waals surface area contributed by atoms with Crippen LogP contribution < -0.4 is 11.1 Å². The Morgan fingerprint density at radius 3 is 2.72 bits per heavy atom. The average molecular weight is 250 g/mol. The number of rotatable bonds is 7. The summed E-state index contributed by atoms with van der Waals surface area (Å²) in [5, 5.41) is 12.1. The summed E-state index contributed by atoms with van der Waals surface area (Å²) in [5.74, 6) is -0.205. The Labute approximate surface area is 108 Å². The van der Waals surface area contributed by atoms with Crippen molar-refractivity contribution < 1.29 is 9.90 Å². The molecule has 0 aliphatic carbocycles. The Morgan fingerprint density at radius 2 is 2.11 bits per heavy atom. The minimum Gasteiger partial charge on any atom is -0.478 e. The maximum atomic E-state index is 10.8. The van der Waals surface area contributed by atoms with Gasteiger partial charge in [0.1, 0.15) is 0 Å². The molecule has 0 aromatic heterocycles. The molecule has 0 fully saturated rings.